The van der Waals surface area contributed by atoms with Gasteiger partial charge >= 0.3 is 0 Å². The summed E-state index contributed by atoms with van der Waals surface area (Å²) in [7, 11) is -1.58. The second kappa shape index (κ2) is 6.97. The van der Waals surface area contributed by atoms with Gasteiger partial charge in [-0.15, -0.1) is 10.2 Å². The highest BCUT2D eigenvalue weighted by molar-refractivity contribution is 8.01. The Hall–Kier alpha value is -1.58. The zero-order chi connectivity index (χ0) is 18.2. The Labute approximate surface area is 151 Å². The molecule has 1 aliphatic heterocycles. The normalized spacial score (nSPS) is 22.4. The molecule has 1 fully saturated rings. The van der Waals surface area contributed by atoms with Crippen molar-refractivity contribution in [3.8, 4) is 17.1 Å². The summed E-state index contributed by atoms with van der Waals surface area (Å²) in [4.78, 5) is 0. The zero-order valence-electron chi connectivity index (χ0n) is 14.3. The molecule has 2 atom stereocenters. The van der Waals surface area contributed by atoms with E-state index in [2.05, 4.69) is 10.2 Å². The highest BCUT2D eigenvalue weighted by Gasteiger charge is 2.38. The van der Waals surface area contributed by atoms with Crippen LogP contribution in [-0.2, 0) is 9.84 Å². The standard InChI is InChI=1S/C16H21N3O4S2/c1-10(2)19-15(11-4-6-12(23-3)7-5-11)17-18-16(19)24-14-9-25(21,22)8-13(14)20/h4-7,10,13-14,20H,8-9H2,1-3H3/t13-,14+/m0/s1. The molecule has 1 aromatic heterocycles. The molecule has 0 unspecified atom stereocenters. The number of hydrogen-bond donors (Lipinski definition) is 1. The number of aliphatic hydroxyl groups is 1. The van der Waals surface area contributed by atoms with Crippen LogP contribution in [-0.4, -0.2) is 58.3 Å². The predicted octanol–water partition coefficient (Wildman–Crippen LogP) is 1.78. The average molecular weight is 383 g/mol. The molecule has 1 aliphatic rings. The number of hydrogen-bond acceptors (Lipinski definition) is 7. The summed E-state index contributed by atoms with van der Waals surface area (Å²) in [6, 6.07) is 7.62. The van der Waals surface area contributed by atoms with E-state index in [1.807, 2.05) is 42.7 Å². The third-order valence-electron chi connectivity index (χ3n) is 4.06. The summed E-state index contributed by atoms with van der Waals surface area (Å²) >= 11 is 1.28. The van der Waals surface area contributed by atoms with Crippen LogP contribution in [0.5, 0.6) is 5.75 Å². The number of ether oxygens (including phenoxy) is 1. The van der Waals surface area contributed by atoms with Crippen molar-refractivity contribution in [2.75, 3.05) is 18.6 Å². The molecule has 1 saturated heterocycles. The van der Waals surface area contributed by atoms with Gasteiger partial charge in [-0.05, 0) is 38.1 Å². The van der Waals surface area contributed by atoms with Crippen molar-refractivity contribution in [1.82, 2.24) is 14.8 Å². The second-order valence-corrected chi connectivity index (χ2v) is 9.66. The lowest BCUT2D eigenvalue weighted by molar-refractivity contribution is 0.207. The summed E-state index contributed by atoms with van der Waals surface area (Å²) in [5.74, 6) is 1.23. The van der Waals surface area contributed by atoms with Gasteiger partial charge < -0.3 is 9.84 Å². The first kappa shape index (κ1) is 18.2. The third-order valence-corrected chi connectivity index (χ3v) is 7.26. The molecule has 3 rings (SSSR count). The van der Waals surface area contributed by atoms with Crippen LogP contribution in [0.15, 0.2) is 29.4 Å². The van der Waals surface area contributed by atoms with Crippen molar-refractivity contribution in [3.05, 3.63) is 24.3 Å². The zero-order valence-corrected chi connectivity index (χ0v) is 15.9. The van der Waals surface area contributed by atoms with E-state index in [0.717, 1.165) is 11.3 Å². The van der Waals surface area contributed by atoms with Crippen molar-refractivity contribution in [3.63, 3.8) is 0 Å². The van der Waals surface area contributed by atoms with Crippen LogP contribution in [0, 0.1) is 0 Å². The van der Waals surface area contributed by atoms with E-state index in [1.165, 1.54) is 11.8 Å². The van der Waals surface area contributed by atoms with Crippen LogP contribution in [0.3, 0.4) is 0 Å². The molecule has 0 aliphatic carbocycles. The quantitative estimate of drug-likeness (QED) is 0.841. The molecule has 136 valence electrons. The second-order valence-electron chi connectivity index (χ2n) is 6.30. The molecule has 1 N–H and O–H groups in total. The Morgan fingerprint density at radius 2 is 1.92 bits per heavy atom. The van der Waals surface area contributed by atoms with Crippen LogP contribution in [0.2, 0.25) is 0 Å². The first-order chi connectivity index (χ1) is 11.8. The molecule has 1 aromatic carbocycles. The molecule has 0 radical (unpaired) electrons. The van der Waals surface area contributed by atoms with Gasteiger partial charge in [0.1, 0.15) is 5.75 Å². The van der Waals surface area contributed by atoms with Gasteiger partial charge in [-0.25, -0.2) is 8.42 Å². The topological polar surface area (TPSA) is 94.3 Å². The highest BCUT2D eigenvalue weighted by Crippen LogP contribution is 2.34. The number of thioether (sulfide) groups is 1. The largest absolute Gasteiger partial charge is 0.497 e. The highest BCUT2D eigenvalue weighted by atomic mass is 32.2. The van der Waals surface area contributed by atoms with Gasteiger partial charge in [0.15, 0.2) is 20.8 Å². The van der Waals surface area contributed by atoms with Gasteiger partial charge in [-0.1, -0.05) is 11.8 Å². The van der Waals surface area contributed by atoms with Crippen molar-refractivity contribution in [1.29, 1.82) is 0 Å². The van der Waals surface area contributed by atoms with E-state index in [0.29, 0.717) is 11.0 Å². The Balaban J connectivity index is 1.92. The maximum Gasteiger partial charge on any atom is 0.192 e. The Kier molecular flexibility index (Phi) is 5.08. The van der Waals surface area contributed by atoms with Crippen LogP contribution in [0.25, 0.3) is 11.4 Å². The number of aliphatic hydroxyl groups excluding tert-OH is 1. The van der Waals surface area contributed by atoms with E-state index >= 15 is 0 Å². The summed E-state index contributed by atoms with van der Waals surface area (Å²) in [5, 5.41) is 18.7. The fraction of sp³-hybridized carbons (Fsp3) is 0.500. The Bertz CT molecular complexity index is 847. The minimum Gasteiger partial charge on any atom is -0.497 e. The number of nitrogens with zero attached hydrogens (tertiary/aromatic N) is 3. The van der Waals surface area contributed by atoms with E-state index in [9.17, 15) is 13.5 Å². The lowest BCUT2D eigenvalue weighted by Gasteiger charge is -2.16. The Morgan fingerprint density at radius 1 is 1.24 bits per heavy atom. The summed E-state index contributed by atoms with van der Waals surface area (Å²) in [5.41, 5.74) is 0.897. The number of aromatic nitrogens is 3. The lowest BCUT2D eigenvalue weighted by Crippen LogP contribution is -2.21. The van der Waals surface area contributed by atoms with E-state index in [1.54, 1.807) is 7.11 Å². The van der Waals surface area contributed by atoms with Crippen LogP contribution in [0.4, 0.5) is 0 Å². The SMILES string of the molecule is COc1ccc(-c2nnc(S[C@@H]3CS(=O)(=O)C[C@@H]3O)n2C(C)C)cc1. The summed E-state index contributed by atoms with van der Waals surface area (Å²) < 4.78 is 30.6. The van der Waals surface area contributed by atoms with Crippen LogP contribution >= 0.6 is 11.8 Å². The molecule has 2 aromatic rings. The van der Waals surface area contributed by atoms with Crippen LogP contribution < -0.4 is 4.74 Å². The van der Waals surface area contributed by atoms with Gasteiger partial charge in [0.25, 0.3) is 0 Å². The summed E-state index contributed by atoms with van der Waals surface area (Å²) in [6.45, 7) is 4.03. The first-order valence-corrected chi connectivity index (χ1v) is 10.7. The number of benzene rings is 1. The monoisotopic (exact) mass is 383 g/mol. The third kappa shape index (κ3) is 3.83. The number of rotatable bonds is 5. The van der Waals surface area contributed by atoms with Crippen molar-refractivity contribution in [2.24, 2.45) is 0 Å². The van der Waals surface area contributed by atoms with E-state index < -0.39 is 21.2 Å². The summed E-state index contributed by atoms with van der Waals surface area (Å²) in [6.07, 6.45) is -0.878. The lowest BCUT2D eigenvalue weighted by atomic mass is 10.2. The maximum atomic E-state index is 11.7. The Morgan fingerprint density at radius 3 is 2.44 bits per heavy atom. The predicted molar refractivity (Wildman–Crippen MR) is 96.7 cm³/mol. The average Bonchev–Trinajstić information content (AvgIpc) is 3.08. The molecular formula is C16H21N3O4S2. The number of sulfone groups is 1. The molecular weight excluding hydrogens is 362 g/mol. The minimum atomic E-state index is -3.19. The molecule has 0 saturated carbocycles. The molecule has 0 bridgehead atoms. The van der Waals surface area contributed by atoms with Gasteiger partial charge in [-0.2, -0.15) is 0 Å². The van der Waals surface area contributed by atoms with Gasteiger partial charge in [0, 0.05) is 11.6 Å². The molecule has 2 heterocycles. The van der Waals surface area contributed by atoms with Gasteiger partial charge in [0.2, 0.25) is 0 Å². The molecule has 0 amide bonds. The minimum absolute atomic E-state index is 0.0400. The molecule has 7 nitrogen and oxygen atoms in total. The molecule has 0 spiro atoms. The van der Waals surface area contributed by atoms with Crippen LogP contribution in [0.1, 0.15) is 19.9 Å². The van der Waals surface area contributed by atoms with Crippen molar-refractivity contribution in [2.45, 2.75) is 36.4 Å². The van der Waals surface area contributed by atoms with Crippen molar-refractivity contribution >= 4 is 21.6 Å². The first-order valence-electron chi connectivity index (χ1n) is 7.95. The fourth-order valence-electron chi connectivity index (χ4n) is 2.80. The fourth-order valence-corrected chi connectivity index (χ4v) is 6.45. The number of methoxy groups -OCH3 is 1. The van der Waals surface area contributed by atoms with E-state index in [-0.39, 0.29) is 17.5 Å². The van der Waals surface area contributed by atoms with E-state index in [4.69, 9.17) is 4.74 Å². The smallest absolute Gasteiger partial charge is 0.192 e. The maximum absolute atomic E-state index is 11.7. The van der Waals surface area contributed by atoms with Gasteiger partial charge in [0.05, 0.1) is 30.0 Å². The van der Waals surface area contributed by atoms with Gasteiger partial charge in [-0.3, -0.25) is 4.57 Å². The van der Waals surface area contributed by atoms with Crippen molar-refractivity contribution < 1.29 is 18.3 Å². The molecule has 25 heavy (non-hydrogen) atoms. The molecule has 9 heteroatoms.